The molecule has 2 unspecified atom stereocenters. The molecule has 0 aliphatic rings. The van der Waals surface area contributed by atoms with Gasteiger partial charge in [-0.15, -0.1) is 0 Å². The number of hydrogen-bond acceptors (Lipinski definition) is 3. The molecule has 19 heavy (non-hydrogen) atoms. The number of amides is 1. The Morgan fingerprint density at radius 2 is 2.05 bits per heavy atom. The number of aliphatic hydroxyl groups excluding tert-OH is 1. The van der Waals surface area contributed by atoms with E-state index < -0.39 is 0 Å². The van der Waals surface area contributed by atoms with Crippen LogP contribution in [0.5, 0.6) is 0 Å². The van der Waals surface area contributed by atoms with Gasteiger partial charge in [0.25, 0.3) is 0 Å². The first kappa shape index (κ1) is 15.7. The average molecular weight is 264 g/mol. The summed E-state index contributed by atoms with van der Waals surface area (Å²) in [7, 11) is 0. The molecule has 0 spiro atoms. The minimum atomic E-state index is -0.247. The molecule has 0 fully saturated rings. The molecule has 0 bridgehead atoms. The van der Waals surface area contributed by atoms with Gasteiger partial charge in [-0.05, 0) is 18.4 Å². The fraction of sp³-hybridized carbons (Fsp3) is 0.533. The van der Waals surface area contributed by atoms with Crippen molar-refractivity contribution in [1.29, 1.82) is 0 Å². The van der Waals surface area contributed by atoms with E-state index in [9.17, 15) is 9.90 Å². The molecule has 0 saturated heterocycles. The molecule has 0 aliphatic heterocycles. The maximum Gasteiger partial charge on any atom is 0.221 e. The summed E-state index contributed by atoms with van der Waals surface area (Å²) in [5.41, 5.74) is 6.93. The minimum absolute atomic E-state index is 0.0658. The summed E-state index contributed by atoms with van der Waals surface area (Å²) in [4.78, 5) is 11.8. The van der Waals surface area contributed by atoms with Crippen LogP contribution in [0.15, 0.2) is 30.3 Å². The Morgan fingerprint density at radius 1 is 1.37 bits per heavy atom. The van der Waals surface area contributed by atoms with Crippen LogP contribution in [0.3, 0.4) is 0 Å². The molecule has 4 heteroatoms. The van der Waals surface area contributed by atoms with Crippen molar-refractivity contribution >= 4 is 5.91 Å². The number of benzene rings is 1. The van der Waals surface area contributed by atoms with Gasteiger partial charge in [-0.3, -0.25) is 4.79 Å². The lowest BCUT2D eigenvalue weighted by molar-refractivity contribution is -0.122. The fourth-order valence-corrected chi connectivity index (χ4v) is 2.06. The lowest BCUT2D eigenvalue weighted by Crippen LogP contribution is -2.41. The second kappa shape index (κ2) is 8.67. The van der Waals surface area contributed by atoms with Crippen molar-refractivity contribution in [2.75, 3.05) is 6.61 Å². The zero-order chi connectivity index (χ0) is 14.1. The van der Waals surface area contributed by atoms with Crippen LogP contribution in [0.1, 0.15) is 31.7 Å². The lowest BCUT2D eigenvalue weighted by Gasteiger charge is -2.18. The molecule has 1 aromatic rings. The summed E-state index contributed by atoms with van der Waals surface area (Å²) in [6.07, 6.45) is 2.77. The molecular formula is C15H24N2O2. The van der Waals surface area contributed by atoms with E-state index in [1.165, 1.54) is 0 Å². The summed E-state index contributed by atoms with van der Waals surface area (Å²) in [6.45, 7) is 1.98. The number of rotatable bonds is 8. The SMILES string of the molecule is CCCC(N)CC(=O)NC(CO)Cc1ccccc1. The molecule has 4 nitrogen and oxygen atoms in total. The second-order valence-corrected chi connectivity index (χ2v) is 4.89. The van der Waals surface area contributed by atoms with Crippen molar-refractivity contribution in [1.82, 2.24) is 5.32 Å². The summed E-state index contributed by atoms with van der Waals surface area (Å²) in [6, 6.07) is 9.46. The number of nitrogens with two attached hydrogens (primary N) is 1. The van der Waals surface area contributed by atoms with Crippen LogP contribution in [-0.4, -0.2) is 29.7 Å². The quantitative estimate of drug-likeness (QED) is 0.661. The third-order valence-corrected chi connectivity index (χ3v) is 3.02. The highest BCUT2D eigenvalue weighted by atomic mass is 16.3. The van der Waals surface area contributed by atoms with Crippen LogP contribution >= 0.6 is 0 Å². The topological polar surface area (TPSA) is 75.4 Å². The third kappa shape index (κ3) is 6.36. The van der Waals surface area contributed by atoms with Gasteiger partial charge < -0.3 is 16.2 Å². The van der Waals surface area contributed by atoms with Crippen molar-refractivity contribution in [3.05, 3.63) is 35.9 Å². The van der Waals surface area contributed by atoms with Gasteiger partial charge in [0.1, 0.15) is 0 Å². The van der Waals surface area contributed by atoms with E-state index >= 15 is 0 Å². The van der Waals surface area contributed by atoms with E-state index in [1.807, 2.05) is 37.3 Å². The van der Waals surface area contributed by atoms with Gasteiger partial charge in [0.05, 0.1) is 12.6 Å². The van der Waals surface area contributed by atoms with Crippen LogP contribution in [0.4, 0.5) is 0 Å². The molecule has 1 aromatic carbocycles. The Morgan fingerprint density at radius 3 is 2.63 bits per heavy atom. The Labute approximate surface area is 115 Å². The highest BCUT2D eigenvalue weighted by Crippen LogP contribution is 2.04. The molecule has 1 rings (SSSR count). The van der Waals surface area contributed by atoms with Gasteiger partial charge in [-0.1, -0.05) is 43.7 Å². The molecule has 0 aliphatic carbocycles. The third-order valence-electron chi connectivity index (χ3n) is 3.02. The van der Waals surface area contributed by atoms with Crippen molar-refractivity contribution < 1.29 is 9.90 Å². The molecule has 1 amide bonds. The van der Waals surface area contributed by atoms with Gasteiger partial charge in [-0.25, -0.2) is 0 Å². The van der Waals surface area contributed by atoms with Gasteiger partial charge >= 0.3 is 0 Å². The molecular weight excluding hydrogens is 240 g/mol. The maximum absolute atomic E-state index is 11.8. The number of hydrogen-bond donors (Lipinski definition) is 3. The van der Waals surface area contributed by atoms with Gasteiger partial charge in [0.15, 0.2) is 0 Å². The van der Waals surface area contributed by atoms with Crippen LogP contribution in [0.25, 0.3) is 0 Å². The van der Waals surface area contributed by atoms with Crippen LogP contribution < -0.4 is 11.1 Å². The molecule has 0 radical (unpaired) electrons. The fourth-order valence-electron chi connectivity index (χ4n) is 2.06. The number of carbonyl (C=O) groups excluding carboxylic acids is 1. The summed E-state index contributed by atoms with van der Waals surface area (Å²) in [5, 5.41) is 12.2. The van der Waals surface area contributed by atoms with E-state index in [4.69, 9.17) is 5.73 Å². The standard InChI is InChI=1S/C15H24N2O2/c1-2-6-13(16)10-15(19)17-14(11-18)9-12-7-4-3-5-8-12/h3-5,7-8,13-14,18H,2,6,9-11,16H2,1H3,(H,17,19). The first-order valence-corrected chi connectivity index (χ1v) is 6.85. The monoisotopic (exact) mass is 264 g/mol. The van der Waals surface area contributed by atoms with Crippen LogP contribution in [0.2, 0.25) is 0 Å². The van der Waals surface area contributed by atoms with Gasteiger partial charge in [-0.2, -0.15) is 0 Å². The summed E-state index contributed by atoms with van der Waals surface area (Å²) >= 11 is 0. The largest absolute Gasteiger partial charge is 0.394 e. The maximum atomic E-state index is 11.8. The Balaban J connectivity index is 2.41. The van der Waals surface area contributed by atoms with Crippen LogP contribution in [-0.2, 0) is 11.2 Å². The zero-order valence-corrected chi connectivity index (χ0v) is 11.5. The highest BCUT2D eigenvalue weighted by Gasteiger charge is 2.14. The molecule has 4 N–H and O–H groups in total. The average Bonchev–Trinajstić information content (AvgIpc) is 2.39. The molecule has 106 valence electrons. The van der Waals surface area contributed by atoms with Crippen molar-refractivity contribution in [3.63, 3.8) is 0 Å². The van der Waals surface area contributed by atoms with Gasteiger partial charge in [0.2, 0.25) is 5.91 Å². The number of carbonyl (C=O) groups is 1. The van der Waals surface area contributed by atoms with E-state index in [-0.39, 0.29) is 24.6 Å². The summed E-state index contributed by atoms with van der Waals surface area (Å²) < 4.78 is 0. The molecule has 2 atom stereocenters. The Bertz CT molecular complexity index is 368. The summed E-state index contributed by atoms with van der Waals surface area (Å²) in [5.74, 6) is -0.0871. The first-order valence-electron chi connectivity index (χ1n) is 6.85. The van der Waals surface area contributed by atoms with E-state index in [2.05, 4.69) is 5.32 Å². The normalized spacial score (nSPS) is 13.8. The second-order valence-electron chi connectivity index (χ2n) is 4.89. The number of aliphatic hydroxyl groups is 1. The molecule has 0 aromatic heterocycles. The minimum Gasteiger partial charge on any atom is -0.394 e. The number of nitrogens with one attached hydrogen (secondary N) is 1. The van der Waals surface area contributed by atoms with Crippen molar-refractivity contribution in [3.8, 4) is 0 Å². The van der Waals surface area contributed by atoms with Gasteiger partial charge in [0, 0.05) is 12.5 Å². The van der Waals surface area contributed by atoms with E-state index in [0.29, 0.717) is 12.8 Å². The Hall–Kier alpha value is -1.39. The highest BCUT2D eigenvalue weighted by molar-refractivity contribution is 5.76. The predicted molar refractivity (Wildman–Crippen MR) is 76.7 cm³/mol. The van der Waals surface area contributed by atoms with Crippen LogP contribution in [0, 0.1) is 0 Å². The molecule has 0 saturated carbocycles. The van der Waals surface area contributed by atoms with E-state index in [0.717, 1.165) is 18.4 Å². The molecule has 0 heterocycles. The first-order chi connectivity index (χ1) is 9.15. The predicted octanol–water partition coefficient (Wildman–Crippen LogP) is 1.22. The lowest BCUT2D eigenvalue weighted by atomic mass is 10.1. The zero-order valence-electron chi connectivity index (χ0n) is 11.5. The van der Waals surface area contributed by atoms with E-state index in [1.54, 1.807) is 0 Å². The van der Waals surface area contributed by atoms with Crippen molar-refractivity contribution in [2.24, 2.45) is 5.73 Å². The smallest absolute Gasteiger partial charge is 0.221 e. The van der Waals surface area contributed by atoms with Crippen molar-refractivity contribution in [2.45, 2.75) is 44.7 Å². The Kier molecular flexibility index (Phi) is 7.15.